The van der Waals surface area contributed by atoms with Crippen molar-refractivity contribution < 1.29 is 8.42 Å². The highest BCUT2D eigenvalue weighted by Crippen LogP contribution is 2.16. The van der Waals surface area contributed by atoms with Crippen molar-refractivity contribution in [3.63, 3.8) is 0 Å². The van der Waals surface area contributed by atoms with E-state index in [1.165, 1.54) is 13.0 Å². The topological polar surface area (TPSA) is 49.4 Å². The lowest BCUT2D eigenvalue weighted by molar-refractivity contribution is 0.375. The summed E-state index contributed by atoms with van der Waals surface area (Å²) in [6.07, 6.45) is 3.08. The molecule has 0 aromatic rings. The molecule has 1 N–H and O–H groups in total. The first-order valence-corrected chi connectivity index (χ1v) is 8.00. The summed E-state index contributed by atoms with van der Waals surface area (Å²) in [6, 6.07) is 0.199. The molecule has 0 amide bonds. The van der Waals surface area contributed by atoms with Crippen LogP contribution in [0.1, 0.15) is 19.3 Å². The van der Waals surface area contributed by atoms with Gasteiger partial charge in [0.25, 0.3) is 0 Å². The molecule has 2 atom stereocenters. The first-order chi connectivity index (χ1) is 7.55. The molecule has 2 rings (SSSR count). The number of sulfone groups is 1. The lowest BCUT2D eigenvalue weighted by Crippen LogP contribution is -2.42. The van der Waals surface area contributed by atoms with Gasteiger partial charge in [0, 0.05) is 12.6 Å². The van der Waals surface area contributed by atoms with Crippen molar-refractivity contribution in [2.75, 3.05) is 38.2 Å². The maximum absolute atomic E-state index is 11.5. The Labute approximate surface area is 98.3 Å². The van der Waals surface area contributed by atoms with E-state index in [9.17, 15) is 8.42 Å². The molecule has 2 fully saturated rings. The van der Waals surface area contributed by atoms with Gasteiger partial charge in [-0.2, -0.15) is 0 Å². The minimum atomic E-state index is -2.76. The van der Waals surface area contributed by atoms with E-state index in [0.29, 0.717) is 17.4 Å². The summed E-state index contributed by atoms with van der Waals surface area (Å²) in [5, 5.41) is 3.43. The third kappa shape index (κ3) is 3.43. The number of rotatable bonds is 3. The molecule has 0 aliphatic carbocycles. The number of nitrogens with zero attached hydrogens (tertiary/aromatic N) is 1. The summed E-state index contributed by atoms with van der Waals surface area (Å²) in [6.45, 7) is 3.30. The van der Waals surface area contributed by atoms with Gasteiger partial charge in [-0.3, -0.25) is 0 Å². The standard InChI is InChI=1S/C11H22N2O2S/c1-13-5-4-10(8-13)7-12-11-3-2-6-16(14,15)9-11/h10-12H,2-9H2,1H3. The molecular formula is C11H22N2O2S. The van der Waals surface area contributed by atoms with Crippen molar-refractivity contribution in [3.8, 4) is 0 Å². The van der Waals surface area contributed by atoms with E-state index in [1.807, 2.05) is 0 Å². The molecule has 0 saturated carbocycles. The molecule has 5 heteroatoms. The van der Waals surface area contributed by atoms with E-state index >= 15 is 0 Å². The highest BCUT2D eigenvalue weighted by molar-refractivity contribution is 7.91. The minimum Gasteiger partial charge on any atom is -0.313 e. The van der Waals surface area contributed by atoms with Gasteiger partial charge in [-0.15, -0.1) is 0 Å². The van der Waals surface area contributed by atoms with Crippen molar-refractivity contribution in [2.45, 2.75) is 25.3 Å². The zero-order valence-electron chi connectivity index (χ0n) is 9.98. The molecule has 2 aliphatic heterocycles. The van der Waals surface area contributed by atoms with Crippen LogP contribution in [-0.4, -0.2) is 57.5 Å². The Morgan fingerprint density at radius 3 is 2.81 bits per heavy atom. The van der Waals surface area contributed by atoms with Gasteiger partial charge in [-0.1, -0.05) is 0 Å². The Morgan fingerprint density at radius 1 is 1.38 bits per heavy atom. The van der Waals surface area contributed by atoms with Gasteiger partial charge in [-0.05, 0) is 45.3 Å². The van der Waals surface area contributed by atoms with Crippen molar-refractivity contribution in [2.24, 2.45) is 5.92 Å². The SMILES string of the molecule is CN1CCC(CNC2CCCS(=O)(=O)C2)C1. The van der Waals surface area contributed by atoms with Gasteiger partial charge >= 0.3 is 0 Å². The van der Waals surface area contributed by atoms with Crippen molar-refractivity contribution in [1.29, 1.82) is 0 Å². The number of hydrogen-bond donors (Lipinski definition) is 1. The van der Waals surface area contributed by atoms with E-state index in [4.69, 9.17) is 0 Å². The molecule has 0 bridgehead atoms. The summed E-state index contributed by atoms with van der Waals surface area (Å²) < 4.78 is 22.9. The summed E-state index contributed by atoms with van der Waals surface area (Å²) in [7, 11) is -0.617. The largest absolute Gasteiger partial charge is 0.313 e. The minimum absolute atomic E-state index is 0.199. The van der Waals surface area contributed by atoms with Crippen molar-refractivity contribution in [1.82, 2.24) is 10.2 Å². The lowest BCUT2D eigenvalue weighted by Gasteiger charge is -2.24. The van der Waals surface area contributed by atoms with Crippen LogP contribution in [0.5, 0.6) is 0 Å². The normalized spacial score (nSPS) is 35.3. The van der Waals surface area contributed by atoms with Gasteiger partial charge in [0.1, 0.15) is 0 Å². The third-order valence-electron chi connectivity index (χ3n) is 3.65. The molecule has 0 spiro atoms. The van der Waals surface area contributed by atoms with Crippen LogP contribution in [0.4, 0.5) is 0 Å². The van der Waals surface area contributed by atoms with Gasteiger partial charge in [0.2, 0.25) is 0 Å². The summed E-state index contributed by atoms with van der Waals surface area (Å²) >= 11 is 0. The molecule has 4 nitrogen and oxygen atoms in total. The van der Waals surface area contributed by atoms with E-state index < -0.39 is 9.84 Å². The van der Waals surface area contributed by atoms with Gasteiger partial charge in [0.15, 0.2) is 9.84 Å². The fourth-order valence-electron chi connectivity index (χ4n) is 2.71. The van der Waals surface area contributed by atoms with Crippen LogP contribution in [0.15, 0.2) is 0 Å². The molecule has 2 unspecified atom stereocenters. The Hall–Kier alpha value is -0.130. The Bertz CT molecular complexity index is 329. The van der Waals surface area contributed by atoms with Crippen LogP contribution in [-0.2, 0) is 9.84 Å². The van der Waals surface area contributed by atoms with E-state index in [0.717, 1.165) is 25.9 Å². The van der Waals surface area contributed by atoms with Crippen molar-refractivity contribution >= 4 is 9.84 Å². The number of likely N-dealkylation sites (tertiary alicyclic amines) is 1. The average molecular weight is 246 g/mol. The first kappa shape index (κ1) is 12.3. The third-order valence-corrected chi connectivity index (χ3v) is 5.47. The smallest absolute Gasteiger partial charge is 0.151 e. The van der Waals surface area contributed by atoms with E-state index in [2.05, 4.69) is 17.3 Å². The first-order valence-electron chi connectivity index (χ1n) is 6.17. The summed E-state index contributed by atoms with van der Waals surface area (Å²) in [4.78, 5) is 2.34. The maximum atomic E-state index is 11.5. The summed E-state index contributed by atoms with van der Waals surface area (Å²) in [5.41, 5.74) is 0. The molecule has 16 heavy (non-hydrogen) atoms. The lowest BCUT2D eigenvalue weighted by atomic mass is 10.1. The molecular weight excluding hydrogens is 224 g/mol. The molecule has 94 valence electrons. The van der Waals surface area contributed by atoms with Crippen LogP contribution in [0.2, 0.25) is 0 Å². The van der Waals surface area contributed by atoms with E-state index in [1.54, 1.807) is 0 Å². The fraction of sp³-hybridized carbons (Fsp3) is 1.00. The second-order valence-corrected chi connectivity index (χ2v) is 7.51. The fourth-order valence-corrected chi connectivity index (χ4v) is 4.38. The molecule has 0 aromatic carbocycles. The predicted octanol–water partition coefficient (Wildman–Crippen LogP) is 0.105. The Morgan fingerprint density at radius 2 is 2.19 bits per heavy atom. The second kappa shape index (κ2) is 5.02. The van der Waals surface area contributed by atoms with Crippen LogP contribution < -0.4 is 5.32 Å². The van der Waals surface area contributed by atoms with Crippen molar-refractivity contribution in [3.05, 3.63) is 0 Å². The highest BCUT2D eigenvalue weighted by Gasteiger charge is 2.26. The highest BCUT2D eigenvalue weighted by atomic mass is 32.2. The molecule has 2 saturated heterocycles. The van der Waals surface area contributed by atoms with Crippen LogP contribution in [0, 0.1) is 5.92 Å². The maximum Gasteiger partial charge on any atom is 0.151 e. The number of nitrogens with one attached hydrogen (secondary N) is 1. The van der Waals surface area contributed by atoms with Gasteiger partial charge in [-0.25, -0.2) is 8.42 Å². The molecule has 2 aliphatic rings. The monoisotopic (exact) mass is 246 g/mol. The Balaban J connectivity index is 1.73. The second-order valence-electron chi connectivity index (χ2n) is 5.28. The van der Waals surface area contributed by atoms with Gasteiger partial charge < -0.3 is 10.2 Å². The van der Waals surface area contributed by atoms with E-state index in [-0.39, 0.29) is 6.04 Å². The van der Waals surface area contributed by atoms with Crippen LogP contribution >= 0.6 is 0 Å². The molecule has 2 heterocycles. The average Bonchev–Trinajstić information content (AvgIpc) is 2.60. The number of hydrogen-bond acceptors (Lipinski definition) is 4. The zero-order chi connectivity index (χ0) is 11.6. The zero-order valence-corrected chi connectivity index (χ0v) is 10.8. The van der Waals surface area contributed by atoms with Gasteiger partial charge in [0.05, 0.1) is 11.5 Å². The predicted molar refractivity (Wildman–Crippen MR) is 65.3 cm³/mol. The molecule has 0 aromatic heterocycles. The Kier molecular flexibility index (Phi) is 3.87. The quantitative estimate of drug-likeness (QED) is 0.767. The molecule has 0 radical (unpaired) electrons. The van der Waals surface area contributed by atoms with Crippen LogP contribution in [0.25, 0.3) is 0 Å². The van der Waals surface area contributed by atoms with Crippen LogP contribution in [0.3, 0.4) is 0 Å². The summed E-state index contributed by atoms with van der Waals surface area (Å²) in [5.74, 6) is 1.43.